The van der Waals surface area contributed by atoms with Gasteiger partial charge in [-0.1, -0.05) is 20.8 Å². The van der Waals surface area contributed by atoms with Gasteiger partial charge in [-0.25, -0.2) is 0 Å². The summed E-state index contributed by atoms with van der Waals surface area (Å²) in [4.78, 5) is 0. The molecule has 1 aliphatic rings. The van der Waals surface area contributed by atoms with Gasteiger partial charge in [0.25, 0.3) is 0 Å². The fourth-order valence-electron chi connectivity index (χ4n) is 3.81. The molecule has 0 bridgehead atoms. The van der Waals surface area contributed by atoms with Crippen molar-refractivity contribution in [1.82, 2.24) is 15.1 Å². The Morgan fingerprint density at radius 1 is 1.33 bits per heavy atom. The van der Waals surface area contributed by atoms with Gasteiger partial charge in [0.2, 0.25) is 0 Å². The van der Waals surface area contributed by atoms with Gasteiger partial charge < -0.3 is 5.32 Å². The van der Waals surface area contributed by atoms with E-state index < -0.39 is 0 Å². The van der Waals surface area contributed by atoms with Gasteiger partial charge >= 0.3 is 0 Å². The molecule has 3 unspecified atom stereocenters. The van der Waals surface area contributed by atoms with Crippen molar-refractivity contribution in [3.05, 3.63) is 15.9 Å². The third-order valence-electron chi connectivity index (χ3n) is 5.30. The van der Waals surface area contributed by atoms with Gasteiger partial charge in [-0.2, -0.15) is 5.10 Å². The van der Waals surface area contributed by atoms with E-state index in [1.165, 1.54) is 29.4 Å². The van der Waals surface area contributed by atoms with Crippen molar-refractivity contribution in [3.8, 4) is 0 Å². The number of aromatic nitrogens is 2. The van der Waals surface area contributed by atoms with E-state index in [0.717, 1.165) is 18.0 Å². The Labute approximate surface area is 138 Å². The molecule has 0 amide bonds. The first-order valence-electron chi connectivity index (χ1n) is 8.09. The van der Waals surface area contributed by atoms with Crippen molar-refractivity contribution >= 4 is 15.9 Å². The van der Waals surface area contributed by atoms with E-state index in [0.29, 0.717) is 17.4 Å². The van der Waals surface area contributed by atoms with Gasteiger partial charge in [0.15, 0.2) is 0 Å². The Balaban J connectivity index is 2.18. The predicted molar refractivity (Wildman–Crippen MR) is 92.5 cm³/mol. The van der Waals surface area contributed by atoms with E-state index in [2.05, 4.69) is 68.1 Å². The minimum absolute atomic E-state index is 0.413. The molecular formula is C17H30BrN3. The number of rotatable bonds is 3. The summed E-state index contributed by atoms with van der Waals surface area (Å²) in [6, 6.07) is 0.630. The fourth-order valence-corrected chi connectivity index (χ4v) is 4.30. The molecule has 4 heteroatoms. The van der Waals surface area contributed by atoms with Crippen LogP contribution in [0.1, 0.15) is 51.4 Å². The third-order valence-corrected chi connectivity index (χ3v) is 6.33. The Kier molecular flexibility index (Phi) is 5.19. The summed E-state index contributed by atoms with van der Waals surface area (Å²) in [6.07, 6.45) is 5.05. The van der Waals surface area contributed by atoms with Crippen LogP contribution < -0.4 is 5.32 Å². The zero-order valence-electron chi connectivity index (χ0n) is 14.3. The van der Waals surface area contributed by atoms with Crippen LogP contribution in [0.4, 0.5) is 0 Å². The van der Waals surface area contributed by atoms with Crippen LogP contribution >= 0.6 is 15.9 Å². The molecule has 21 heavy (non-hydrogen) atoms. The van der Waals surface area contributed by atoms with E-state index in [1.807, 2.05) is 4.68 Å². The number of halogens is 1. The Morgan fingerprint density at radius 2 is 2.00 bits per heavy atom. The van der Waals surface area contributed by atoms with Gasteiger partial charge in [-0.15, -0.1) is 0 Å². The van der Waals surface area contributed by atoms with Crippen molar-refractivity contribution in [3.63, 3.8) is 0 Å². The molecule has 1 N–H and O–H groups in total. The second kappa shape index (κ2) is 6.41. The maximum absolute atomic E-state index is 4.54. The van der Waals surface area contributed by atoms with Crippen LogP contribution in [-0.4, -0.2) is 22.9 Å². The van der Waals surface area contributed by atoms with Gasteiger partial charge in [0, 0.05) is 13.1 Å². The Morgan fingerprint density at radius 3 is 2.48 bits per heavy atom. The van der Waals surface area contributed by atoms with Crippen molar-refractivity contribution in [2.75, 3.05) is 7.05 Å². The topological polar surface area (TPSA) is 29.9 Å². The maximum atomic E-state index is 4.54. The normalized spacial score (nSPS) is 27.1. The first-order valence-corrected chi connectivity index (χ1v) is 8.88. The molecule has 1 aromatic heterocycles. The number of hydrogen-bond donors (Lipinski definition) is 1. The second-order valence-corrected chi connectivity index (χ2v) is 8.50. The van der Waals surface area contributed by atoms with Crippen LogP contribution in [0.3, 0.4) is 0 Å². The molecule has 0 aromatic carbocycles. The van der Waals surface area contributed by atoms with Gasteiger partial charge in [0.1, 0.15) is 0 Å². The number of nitrogens with zero attached hydrogens (tertiary/aromatic N) is 2. The monoisotopic (exact) mass is 355 g/mol. The van der Waals surface area contributed by atoms with E-state index >= 15 is 0 Å². The SMILES string of the molecule is CNC1CCC(C(C)(C)C)CC1Cc1c(Br)c(C)nn1C. The summed E-state index contributed by atoms with van der Waals surface area (Å²) in [7, 11) is 4.17. The lowest BCUT2D eigenvalue weighted by molar-refractivity contribution is 0.116. The van der Waals surface area contributed by atoms with Crippen molar-refractivity contribution in [1.29, 1.82) is 0 Å². The van der Waals surface area contributed by atoms with Gasteiger partial charge in [-0.05, 0) is 72.8 Å². The predicted octanol–water partition coefficient (Wildman–Crippen LogP) is 4.08. The first kappa shape index (κ1) is 17.0. The molecule has 0 spiro atoms. The smallest absolute Gasteiger partial charge is 0.0738 e. The minimum Gasteiger partial charge on any atom is -0.317 e. The zero-order valence-corrected chi connectivity index (χ0v) is 15.9. The molecule has 3 atom stereocenters. The van der Waals surface area contributed by atoms with Crippen LogP contribution in [0.15, 0.2) is 4.47 Å². The summed E-state index contributed by atoms with van der Waals surface area (Å²) in [5, 5.41) is 8.09. The van der Waals surface area contributed by atoms with Crippen LogP contribution in [0.25, 0.3) is 0 Å². The van der Waals surface area contributed by atoms with Crippen LogP contribution in [0.2, 0.25) is 0 Å². The van der Waals surface area contributed by atoms with E-state index in [4.69, 9.17) is 0 Å². The Bertz CT molecular complexity index is 487. The lowest BCUT2D eigenvalue weighted by Crippen LogP contribution is -2.42. The van der Waals surface area contributed by atoms with Crippen molar-refractivity contribution in [2.45, 2.75) is 59.4 Å². The molecule has 1 aromatic rings. The molecule has 1 aliphatic carbocycles. The van der Waals surface area contributed by atoms with Crippen LogP contribution in [0, 0.1) is 24.2 Å². The third kappa shape index (κ3) is 3.70. The largest absolute Gasteiger partial charge is 0.317 e. The summed E-state index contributed by atoms with van der Waals surface area (Å²) in [5.41, 5.74) is 2.85. The fraction of sp³-hybridized carbons (Fsp3) is 0.824. The molecule has 3 nitrogen and oxygen atoms in total. The highest BCUT2D eigenvalue weighted by molar-refractivity contribution is 9.10. The quantitative estimate of drug-likeness (QED) is 0.884. The average Bonchev–Trinajstić information content (AvgIpc) is 2.64. The van der Waals surface area contributed by atoms with Crippen molar-refractivity contribution < 1.29 is 0 Å². The molecule has 2 rings (SSSR count). The molecule has 1 fully saturated rings. The van der Waals surface area contributed by atoms with Crippen LogP contribution in [0.5, 0.6) is 0 Å². The summed E-state index contributed by atoms with van der Waals surface area (Å²) >= 11 is 3.72. The van der Waals surface area contributed by atoms with Crippen molar-refractivity contribution in [2.24, 2.45) is 24.3 Å². The van der Waals surface area contributed by atoms with E-state index in [1.54, 1.807) is 0 Å². The lowest BCUT2D eigenvalue weighted by atomic mass is 9.66. The highest BCUT2D eigenvalue weighted by Gasteiger charge is 2.36. The standard InChI is InChI=1S/C17H30BrN3/c1-11-16(18)15(21(6)20-11)10-12-9-13(17(2,3)4)7-8-14(12)19-5/h12-14,19H,7-10H2,1-6H3. The highest BCUT2D eigenvalue weighted by atomic mass is 79.9. The summed E-state index contributed by atoms with van der Waals surface area (Å²) in [5.74, 6) is 1.51. The summed E-state index contributed by atoms with van der Waals surface area (Å²) < 4.78 is 3.24. The molecule has 1 saturated carbocycles. The highest BCUT2D eigenvalue weighted by Crippen LogP contribution is 2.41. The summed E-state index contributed by atoms with van der Waals surface area (Å²) in [6.45, 7) is 9.23. The first-order chi connectivity index (χ1) is 9.74. The van der Waals surface area contributed by atoms with Gasteiger partial charge in [-0.3, -0.25) is 4.68 Å². The zero-order chi connectivity index (χ0) is 15.8. The number of aryl methyl sites for hydroxylation is 2. The van der Waals surface area contributed by atoms with Crippen LogP contribution in [-0.2, 0) is 13.5 Å². The molecule has 120 valence electrons. The van der Waals surface area contributed by atoms with E-state index in [9.17, 15) is 0 Å². The molecule has 0 radical (unpaired) electrons. The molecule has 0 aliphatic heterocycles. The Hall–Kier alpha value is -0.350. The average molecular weight is 356 g/mol. The second-order valence-electron chi connectivity index (χ2n) is 7.71. The minimum atomic E-state index is 0.413. The maximum Gasteiger partial charge on any atom is 0.0738 e. The number of nitrogens with one attached hydrogen (secondary N) is 1. The lowest BCUT2D eigenvalue weighted by Gasteiger charge is -2.42. The van der Waals surface area contributed by atoms with Gasteiger partial charge in [0.05, 0.1) is 15.9 Å². The van der Waals surface area contributed by atoms with E-state index in [-0.39, 0.29) is 0 Å². The number of hydrogen-bond acceptors (Lipinski definition) is 2. The molecule has 0 saturated heterocycles. The molecule has 1 heterocycles. The molecular weight excluding hydrogens is 326 g/mol.